The van der Waals surface area contributed by atoms with Crippen LogP contribution in [0.5, 0.6) is 11.5 Å². The number of thiophene rings is 1. The summed E-state index contributed by atoms with van der Waals surface area (Å²) < 4.78 is 8.63. The van der Waals surface area contributed by atoms with E-state index in [1.807, 2.05) is 23.1 Å². The van der Waals surface area contributed by atoms with E-state index in [4.69, 9.17) is 14.7 Å². The summed E-state index contributed by atoms with van der Waals surface area (Å²) in [6.07, 6.45) is 4.74. The van der Waals surface area contributed by atoms with E-state index in [1.54, 1.807) is 0 Å². The Bertz CT molecular complexity index is 3000. The second-order valence-electron chi connectivity index (χ2n) is 13.6. The van der Waals surface area contributed by atoms with Crippen LogP contribution in [0, 0.1) is 0 Å². The van der Waals surface area contributed by atoms with Crippen molar-refractivity contribution in [3.05, 3.63) is 156 Å². The van der Waals surface area contributed by atoms with E-state index < -0.39 is 0 Å². The number of hydrogen-bond acceptors (Lipinski definition) is 5. The van der Waals surface area contributed by atoms with Gasteiger partial charge in [0.2, 0.25) is 0 Å². The average molecular weight is 687 g/mol. The van der Waals surface area contributed by atoms with E-state index >= 15 is 0 Å². The number of ether oxygens (including phenoxy) is 1. The SMILES string of the molecule is C1=CC2Sc3ccc(-c4nc(-c5ccccc5)cc(-c5cccc6c5ccc5ccccc56)n4)c4c3C2c2c1sc1cc3ccccc3c(c21)O4. The predicted octanol–water partition coefficient (Wildman–Crippen LogP) is 12.9. The summed E-state index contributed by atoms with van der Waals surface area (Å²) in [4.78, 5) is 13.4. The number of fused-ring (bicyclic) bond motifs is 5. The molecule has 4 heterocycles. The van der Waals surface area contributed by atoms with Gasteiger partial charge in [0.05, 0.1) is 17.0 Å². The van der Waals surface area contributed by atoms with Crippen molar-refractivity contribution in [2.45, 2.75) is 16.1 Å². The van der Waals surface area contributed by atoms with Crippen molar-refractivity contribution in [1.29, 1.82) is 0 Å². The third-order valence-corrected chi connectivity index (χ3v) is 13.3. The van der Waals surface area contributed by atoms with Crippen LogP contribution in [0.15, 0.2) is 144 Å². The third kappa shape index (κ3) is 3.96. The van der Waals surface area contributed by atoms with Crippen LogP contribution in [0.3, 0.4) is 0 Å². The van der Waals surface area contributed by atoms with Gasteiger partial charge >= 0.3 is 0 Å². The van der Waals surface area contributed by atoms with Crippen LogP contribution in [0.25, 0.3) is 82.4 Å². The van der Waals surface area contributed by atoms with Gasteiger partial charge in [-0.25, -0.2) is 9.97 Å². The molecule has 0 radical (unpaired) electrons. The smallest absolute Gasteiger partial charge is 0.164 e. The highest BCUT2D eigenvalue weighted by Crippen LogP contribution is 2.63. The maximum atomic E-state index is 7.35. The maximum Gasteiger partial charge on any atom is 0.164 e. The standard InChI is InChI=1S/C46H26N2OS2/c1-2-10-26(11-3-1)34-24-35(32-16-8-15-30-28-13-6-4-9-25(28)17-18-31(30)32)48-46(47-34)33-19-20-38-42-40-36(50-38)21-22-37-41(40)43-39(51-37)23-27-12-5-7-14-29(27)44(43)49-45(33)42/h1-24,36,40H. The fourth-order valence-electron chi connectivity index (χ4n) is 8.57. The molecular formula is C46H26N2OS2. The second kappa shape index (κ2) is 10.4. The molecule has 9 aromatic rings. The van der Waals surface area contributed by atoms with Crippen LogP contribution < -0.4 is 4.74 Å². The molecule has 3 aliphatic rings. The van der Waals surface area contributed by atoms with Crippen molar-refractivity contribution in [2.24, 2.45) is 0 Å². The molecule has 2 atom stereocenters. The highest BCUT2D eigenvalue weighted by molar-refractivity contribution is 8.00. The highest BCUT2D eigenvalue weighted by atomic mass is 32.2. The molecule has 0 saturated heterocycles. The Hall–Kier alpha value is -5.75. The summed E-state index contributed by atoms with van der Waals surface area (Å²) >= 11 is 3.83. The van der Waals surface area contributed by atoms with Gasteiger partial charge in [-0.1, -0.05) is 115 Å². The lowest BCUT2D eigenvalue weighted by molar-refractivity contribution is 0.488. The van der Waals surface area contributed by atoms with Crippen LogP contribution in [0.4, 0.5) is 0 Å². The Kier molecular flexibility index (Phi) is 5.71. The zero-order valence-corrected chi connectivity index (χ0v) is 28.8. The lowest BCUT2D eigenvalue weighted by Crippen LogP contribution is -2.12. The summed E-state index contributed by atoms with van der Waals surface area (Å²) in [5.74, 6) is 2.71. The molecule has 238 valence electrons. The lowest BCUT2D eigenvalue weighted by Gasteiger charge is -2.21. The van der Waals surface area contributed by atoms with Gasteiger partial charge in [0.1, 0.15) is 11.5 Å². The van der Waals surface area contributed by atoms with Gasteiger partial charge in [-0.3, -0.25) is 0 Å². The van der Waals surface area contributed by atoms with Crippen LogP contribution in [-0.4, -0.2) is 15.2 Å². The molecule has 3 nitrogen and oxygen atoms in total. The van der Waals surface area contributed by atoms with Crippen LogP contribution >= 0.6 is 23.1 Å². The van der Waals surface area contributed by atoms with Gasteiger partial charge in [-0.15, -0.1) is 23.1 Å². The first-order valence-corrected chi connectivity index (χ1v) is 19.0. The van der Waals surface area contributed by atoms with Crippen LogP contribution in [0.1, 0.15) is 21.9 Å². The largest absolute Gasteiger partial charge is 0.455 e. The minimum atomic E-state index is 0.208. The first-order valence-electron chi connectivity index (χ1n) is 17.3. The number of rotatable bonds is 3. The predicted molar refractivity (Wildman–Crippen MR) is 213 cm³/mol. The van der Waals surface area contributed by atoms with Crippen molar-refractivity contribution < 1.29 is 4.74 Å². The zero-order valence-electron chi connectivity index (χ0n) is 27.1. The van der Waals surface area contributed by atoms with Crippen molar-refractivity contribution in [1.82, 2.24) is 9.97 Å². The molecule has 0 bridgehead atoms. The van der Waals surface area contributed by atoms with Crippen molar-refractivity contribution >= 4 is 71.6 Å². The van der Waals surface area contributed by atoms with E-state index in [9.17, 15) is 0 Å². The van der Waals surface area contributed by atoms with Crippen molar-refractivity contribution in [3.8, 4) is 45.4 Å². The van der Waals surface area contributed by atoms with Crippen LogP contribution in [0.2, 0.25) is 0 Å². The Labute approximate surface area is 301 Å². The molecular weight excluding hydrogens is 661 g/mol. The Balaban J connectivity index is 1.14. The van der Waals surface area contributed by atoms with Crippen LogP contribution in [-0.2, 0) is 0 Å². The van der Waals surface area contributed by atoms with E-state index in [1.165, 1.54) is 57.9 Å². The molecule has 0 spiro atoms. The zero-order chi connectivity index (χ0) is 33.2. The van der Waals surface area contributed by atoms with E-state index in [2.05, 4.69) is 146 Å². The number of nitrogens with zero attached hydrogens (tertiary/aromatic N) is 2. The van der Waals surface area contributed by atoms with Gasteiger partial charge in [-0.2, -0.15) is 0 Å². The normalized spacial score (nSPS) is 16.6. The summed E-state index contributed by atoms with van der Waals surface area (Å²) in [5, 5.41) is 8.76. The molecule has 7 aromatic carbocycles. The van der Waals surface area contributed by atoms with E-state index in [-0.39, 0.29) is 5.92 Å². The summed E-state index contributed by atoms with van der Waals surface area (Å²) in [6, 6.07) is 47.6. The van der Waals surface area contributed by atoms with Crippen molar-refractivity contribution in [3.63, 3.8) is 0 Å². The Morgan fingerprint density at radius 3 is 2.29 bits per heavy atom. The number of aromatic nitrogens is 2. The topological polar surface area (TPSA) is 35.0 Å². The molecule has 51 heavy (non-hydrogen) atoms. The highest BCUT2D eigenvalue weighted by Gasteiger charge is 2.44. The molecule has 5 heteroatoms. The fraction of sp³-hybridized carbons (Fsp3) is 0.0435. The molecule has 2 unspecified atom stereocenters. The summed E-state index contributed by atoms with van der Waals surface area (Å²) in [5.41, 5.74) is 7.51. The van der Waals surface area contributed by atoms with Gasteiger partial charge in [0, 0.05) is 53.1 Å². The molecule has 12 rings (SSSR count). The molecule has 0 N–H and O–H groups in total. The first kappa shape index (κ1) is 28.0. The third-order valence-electron chi connectivity index (χ3n) is 10.8. The average Bonchev–Trinajstić information content (AvgIpc) is 3.70. The Morgan fingerprint density at radius 2 is 1.37 bits per heavy atom. The van der Waals surface area contributed by atoms with Gasteiger partial charge in [0.25, 0.3) is 0 Å². The van der Waals surface area contributed by atoms with E-state index in [0.29, 0.717) is 11.1 Å². The molecule has 0 amide bonds. The summed E-state index contributed by atoms with van der Waals surface area (Å²) in [7, 11) is 0. The minimum absolute atomic E-state index is 0.208. The number of benzene rings is 7. The summed E-state index contributed by atoms with van der Waals surface area (Å²) in [6.45, 7) is 0. The maximum absolute atomic E-state index is 7.35. The fourth-order valence-corrected chi connectivity index (χ4v) is 11.1. The monoisotopic (exact) mass is 686 g/mol. The molecule has 2 aromatic heterocycles. The van der Waals surface area contributed by atoms with Gasteiger partial charge in [0.15, 0.2) is 5.82 Å². The quantitative estimate of drug-likeness (QED) is 0.173. The molecule has 2 aliphatic heterocycles. The second-order valence-corrected chi connectivity index (χ2v) is 15.9. The molecule has 1 aliphatic carbocycles. The van der Waals surface area contributed by atoms with E-state index in [0.717, 1.165) is 45.0 Å². The van der Waals surface area contributed by atoms with Gasteiger partial charge < -0.3 is 4.74 Å². The molecule has 0 fully saturated rings. The number of hydrogen-bond donors (Lipinski definition) is 0. The lowest BCUT2D eigenvalue weighted by atomic mass is 9.83. The first-order chi connectivity index (χ1) is 25.3. The Morgan fingerprint density at radius 1 is 0.569 bits per heavy atom. The van der Waals surface area contributed by atoms with Gasteiger partial charge in [-0.05, 0) is 62.8 Å². The molecule has 0 saturated carbocycles. The minimum Gasteiger partial charge on any atom is -0.455 e. The number of thioether (sulfide) groups is 1. The van der Waals surface area contributed by atoms with Crippen molar-refractivity contribution in [2.75, 3.05) is 0 Å².